The number of Topliss-reactive ketones (excluding diaryl/α,β-unsaturated/α-hetero) is 1. The van der Waals surface area contributed by atoms with Crippen LogP contribution >= 0.6 is 11.6 Å². The number of halogens is 1. The van der Waals surface area contributed by atoms with E-state index in [-0.39, 0.29) is 28.7 Å². The highest BCUT2D eigenvalue weighted by Gasteiger charge is 2.30. The molecule has 1 aliphatic rings. The molecule has 3 aromatic rings. The van der Waals surface area contributed by atoms with E-state index in [1.54, 1.807) is 36.4 Å². The van der Waals surface area contributed by atoms with E-state index in [2.05, 4.69) is 10.0 Å². The number of rotatable bonds is 8. The van der Waals surface area contributed by atoms with Crippen molar-refractivity contribution in [3.05, 3.63) is 87.9 Å². The van der Waals surface area contributed by atoms with Gasteiger partial charge in [-0.1, -0.05) is 55.8 Å². The van der Waals surface area contributed by atoms with E-state index in [1.807, 2.05) is 52.0 Å². The van der Waals surface area contributed by atoms with Crippen molar-refractivity contribution in [1.82, 2.24) is 0 Å². The molecule has 0 bridgehead atoms. The van der Waals surface area contributed by atoms with E-state index in [1.165, 1.54) is 0 Å². The number of hydrogen-bond acceptors (Lipinski definition) is 5. The fraction of sp³-hybridized carbons (Fsp3) is 0.321. The zero-order valence-electron chi connectivity index (χ0n) is 20.8. The molecule has 6 nitrogen and oxygen atoms in total. The highest BCUT2D eigenvalue weighted by molar-refractivity contribution is 7.92. The fourth-order valence-corrected chi connectivity index (χ4v) is 5.62. The fourth-order valence-electron chi connectivity index (χ4n) is 4.36. The Kier molecular flexibility index (Phi) is 7.73. The summed E-state index contributed by atoms with van der Waals surface area (Å²) in [4.78, 5) is 12.4. The Bertz CT molecular complexity index is 1370. The number of anilines is 2. The first-order valence-electron chi connectivity index (χ1n) is 12.0. The second-order valence-corrected chi connectivity index (χ2v) is 11.4. The van der Waals surface area contributed by atoms with Gasteiger partial charge >= 0.3 is 0 Å². The molecular weight excluding hydrogens is 496 g/mol. The molecule has 1 heterocycles. The standard InChI is InChI=1S/C28H31ClN2O4S/c1-5-35-27-16-26(19-7-9-20(10-8-19)28(32)17(2)3)30-25-13-12-22(15-23(25)27)36(33,34)31-21-11-6-18(4)24(29)14-21/h6-15,17,26-27,30-31H,5,16H2,1-4H3/t26-,27+/m1/s1. The summed E-state index contributed by atoms with van der Waals surface area (Å²) in [5, 5.41) is 4.01. The molecule has 0 fully saturated rings. The number of carbonyl (C=O) groups excluding carboxylic acids is 1. The van der Waals surface area contributed by atoms with Gasteiger partial charge in [-0.05, 0) is 55.3 Å². The van der Waals surface area contributed by atoms with E-state index >= 15 is 0 Å². The zero-order chi connectivity index (χ0) is 26.0. The number of ketones is 1. The monoisotopic (exact) mass is 526 g/mol. The molecular formula is C28H31ClN2O4S. The number of ether oxygens (including phenoxy) is 1. The normalized spacial score (nSPS) is 17.4. The summed E-state index contributed by atoms with van der Waals surface area (Å²) in [6.45, 7) is 8.06. The van der Waals surface area contributed by atoms with E-state index in [4.69, 9.17) is 16.3 Å². The molecule has 0 aromatic heterocycles. The third kappa shape index (κ3) is 5.59. The van der Waals surface area contributed by atoms with Crippen LogP contribution in [0, 0.1) is 12.8 Å². The average molecular weight is 527 g/mol. The lowest BCUT2D eigenvalue weighted by atomic mass is 9.90. The van der Waals surface area contributed by atoms with Gasteiger partial charge in [-0.2, -0.15) is 0 Å². The molecule has 0 amide bonds. The number of hydrogen-bond donors (Lipinski definition) is 2. The second kappa shape index (κ2) is 10.6. The number of carbonyl (C=O) groups is 1. The lowest BCUT2D eigenvalue weighted by Crippen LogP contribution is -2.24. The number of nitrogens with one attached hydrogen (secondary N) is 2. The van der Waals surface area contributed by atoms with Crippen molar-refractivity contribution in [2.24, 2.45) is 5.92 Å². The predicted octanol–water partition coefficient (Wildman–Crippen LogP) is 6.92. The van der Waals surface area contributed by atoms with Crippen molar-refractivity contribution in [2.45, 2.75) is 51.2 Å². The second-order valence-electron chi connectivity index (χ2n) is 9.34. The van der Waals surface area contributed by atoms with E-state index in [0.717, 1.165) is 22.4 Å². The van der Waals surface area contributed by atoms with Gasteiger partial charge in [0.2, 0.25) is 0 Å². The smallest absolute Gasteiger partial charge is 0.261 e. The largest absolute Gasteiger partial charge is 0.378 e. The molecule has 2 atom stereocenters. The summed E-state index contributed by atoms with van der Waals surface area (Å²) in [6.07, 6.45) is 0.347. The Morgan fingerprint density at radius 3 is 2.47 bits per heavy atom. The van der Waals surface area contributed by atoms with Crippen LogP contribution in [0.4, 0.5) is 11.4 Å². The molecule has 190 valence electrons. The van der Waals surface area contributed by atoms with Crippen molar-refractivity contribution in [2.75, 3.05) is 16.6 Å². The van der Waals surface area contributed by atoms with Gasteiger partial charge in [-0.25, -0.2) is 8.42 Å². The van der Waals surface area contributed by atoms with Gasteiger partial charge in [0.05, 0.1) is 22.7 Å². The van der Waals surface area contributed by atoms with Gasteiger partial charge in [0.1, 0.15) is 0 Å². The SMILES string of the molecule is CCO[C@H]1C[C@H](c2ccc(C(=O)C(C)C)cc2)Nc2ccc(S(=O)(=O)Nc3ccc(C)c(Cl)c3)cc21. The van der Waals surface area contributed by atoms with E-state index in [0.29, 0.717) is 29.3 Å². The summed E-state index contributed by atoms with van der Waals surface area (Å²) < 4.78 is 34.9. The maximum absolute atomic E-state index is 13.1. The van der Waals surface area contributed by atoms with Crippen LogP contribution in [-0.4, -0.2) is 20.8 Å². The molecule has 0 unspecified atom stereocenters. The Balaban J connectivity index is 1.60. The number of aryl methyl sites for hydroxylation is 1. The Hall–Kier alpha value is -2.87. The lowest BCUT2D eigenvalue weighted by Gasteiger charge is -2.33. The van der Waals surface area contributed by atoms with Gasteiger partial charge in [0.15, 0.2) is 5.78 Å². The van der Waals surface area contributed by atoms with Crippen LogP contribution in [0.2, 0.25) is 5.02 Å². The Morgan fingerprint density at radius 1 is 1.11 bits per heavy atom. The van der Waals surface area contributed by atoms with Crippen LogP contribution in [0.15, 0.2) is 65.6 Å². The first kappa shape index (κ1) is 26.2. The van der Waals surface area contributed by atoms with Gasteiger partial charge < -0.3 is 10.1 Å². The van der Waals surface area contributed by atoms with Gasteiger partial charge in [0, 0.05) is 40.8 Å². The molecule has 36 heavy (non-hydrogen) atoms. The van der Waals surface area contributed by atoms with Gasteiger partial charge in [-0.3, -0.25) is 9.52 Å². The molecule has 0 radical (unpaired) electrons. The topological polar surface area (TPSA) is 84.5 Å². The number of fused-ring (bicyclic) bond motifs is 1. The van der Waals surface area contributed by atoms with Crippen LogP contribution in [0.1, 0.15) is 66.4 Å². The quantitative estimate of drug-likeness (QED) is 0.311. The Morgan fingerprint density at radius 2 is 1.83 bits per heavy atom. The molecule has 3 aromatic carbocycles. The number of benzene rings is 3. The van der Waals surface area contributed by atoms with Gasteiger partial charge in [0.25, 0.3) is 10.0 Å². The minimum Gasteiger partial charge on any atom is -0.378 e. The predicted molar refractivity (Wildman–Crippen MR) is 144 cm³/mol. The van der Waals surface area contributed by atoms with Crippen LogP contribution in [-0.2, 0) is 14.8 Å². The minimum atomic E-state index is -3.82. The molecule has 0 spiro atoms. The molecule has 0 saturated carbocycles. The zero-order valence-corrected chi connectivity index (χ0v) is 22.4. The maximum Gasteiger partial charge on any atom is 0.261 e. The maximum atomic E-state index is 13.1. The van der Waals surface area contributed by atoms with Crippen LogP contribution < -0.4 is 10.0 Å². The number of sulfonamides is 1. The van der Waals surface area contributed by atoms with Crippen LogP contribution in [0.5, 0.6) is 0 Å². The summed E-state index contributed by atoms with van der Waals surface area (Å²) in [7, 11) is -3.82. The van der Waals surface area contributed by atoms with E-state index < -0.39 is 10.0 Å². The molecule has 2 N–H and O–H groups in total. The van der Waals surface area contributed by atoms with Gasteiger partial charge in [-0.15, -0.1) is 0 Å². The van der Waals surface area contributed by atoms with Crippen molar-refractivity contribution in [3.8, 4) is 0 Å². The molecule has 1 aliphatic heterocycles. The van der Waals surface area contributed by atoms with Crippen molar-refractivity contribution in [3.63, 3.8) is 0 Å². The first-order chi connectivity index (χ1) is 17.1. The molecule has 0 aliphatic carbocycles. The average Bonchev–Trinajstić information content (AvgIpc) is 2.85. The van der Waals surface area contributed by atoms with Crippen molar-refractivity contribution in [1.29, 1.82) is 0 Å². The highest BCUT2D eigenvalue weighted by Crippen LogP contribution is 2.42. The Labute approximate surface area is 218 Å². The van der Waals surface area contributed by atoms with E-state index in [9.17, 15) is 13.2 Å². The van der Waals surface area contributed by atoms with Crippen molar-refractivity contribution < 1.29 is 17.9 Å². The van der Waals surface area contributed by atoms with Crippen LogP contribution in [0.25, 0.3) is 0 Å². The summed E-state index contributed by atoms with van der Waals surface area (Å²) in [5.74, 6) is 0.0618. The third-order valence-corrected chi connectivity index (χ3v) is 8.16. The third-order valence-electron chi connectivity index (χ3n) is 6.37. The summed E-state index contributed by atoms with van der Waals surface area (Å²) in [5.41, 5.74) is 4.63. The molecule has 8 heteroatoms. The molecule has 0 saturated heterocycles. The molecule has 4 rings (SSSR count). The summed E-state index contributed by atoms with van der Waals surface area (Å²) >= 11 is 6.16. The van der Waals surface area contributed by atoms with Crippen molar-refractivity contribution >= 4 is 38.8 Å². The first-order valence-corrected chi connectivity index (χ1v) is 13.9. The van der Waals surface area contributed by atoms with Crippen LogP contribution in [0.3, 0.4) is 0 Å². The summed E-state index contributed by atoms with van der Waals surface area (Å²) in [6, 6.07) is 17.7. The lowest BCUT2D eigenvalue weighted by molar-refractivity contribution is 0.0497. The minimum absolute atomic E-state index is 0.0347. The highest BCUT2D eigenvalue weighted by atomic mass is 35.5.